The lowest BCUT2D eigenvalue weighted by molar-refractivity contribution is -0.385. The van der Waals surface area contributed by atoms with E-state index in [-0.39, 0.29) is 12.2 Å². The molecular formula is C14H13N3O4S. The van der Waals surface area contributed by atoms with E-state index in [1.54, 1.807) is 23.9 Å². The van der Waals surface area contributed by atoms with Gasteiger partial charge in [0.15, 0.2) is 0 Å². The molecule has 1 aromatic carbocycles. The van der Waals surface area contributed by atoms with E-state index in [1.165, 1.54) is 0 Å². The van der Waals surface area contributed by atoms with Gasteiger partial charge in [-0.1, -0.05) is 0 Å². The number of pyridine rings is 1. The summed E-state index contributed by atoms with van der Waals surface area (Å²) in [6.07, 6.45) is 3.00. The van der Waals surface area contributed by atoms with Crippen LogP contribution in [0.25, 0.3) is 0 Å². The molecule has 0 spiro atoms. The van der Waals surface area contributed by atoms with Crippen LogP contribution in [-0.4, -0.2) is 21.7 Å². The number of amides is 1. The van der Waals surface area contributed by atoms with Gasteiger partial charge in [0, 0.05) is 22.7 Å². The van der Waals surface area contributed by atoms with Crippen molar-refractivity contribution in [2.24, 2.45) is 0 Å². The number of benzene rings is 1. The smallest absolute Gasteiger partial charge is 0.285 e. The molecule has 0 aliphatic heterocycles. The van der Waals surface area contributed by atoms with Gasteiger partial charge in [0.25, 0.3) is 11.2 Å². The molecule has 2 aromatic rings. The fraction of sp³-hybridized carbons (Fsp3) is 0.143. The summed E-state index contributed by atoms with van der Waals surface area (Å²) in [5, 5.41) is 13.3. The predicted octanol–water partition coefficient (Wildman–Crippen LogP) is 2.12. The summed E-state index contributed by atoms with van der Waals surface area (Å²) in [5.41, 5.74) is -0.114. The first-order valence-electron chi connectivity index (χ1n) is 6.28. The highest BCUT2D eigenvalue weighted by atomic mass is 32.2. The van der Waals surface area contributed by atoms with Crippen LogP contribution in [0.1, 0.15) is 0 Å². The number of carbonyl (C=O) groups is 1. The second-order valence-corrected chi connectivity index (χ2v) is 5.27. The molecule has 22 heavy (non-hydrogen) atoms. The van der Waals surface area contributed by atoms with E-state index in [1.807, 2.05) is 18.4 Å². The largest absolute Gasteiger partial charge is 0.325 e. The van der Waals surface area contributed by atoms with Crippen LogP contribution >= 0.6 is 11.8 Å². The molecular weight excluding hydrogens is 306 g/mol. The van der Waals surface area contributed by atoms with Gasteiger partial charge in [0.2, 0.25) is 5.91 Å². The summed E-state index contributed by atoms with van der Waals surface area (Å²) in [6, 6.07) is 9.40. The maximum absolute atomic E-state index is 11.9. The molecule has 2 rings (SSSR count). The Hall–Kier alpha value is -2.61. The molecule has 8 heteroatoms. The molecule has 0 radical (unpaired) electrons. The lowest BCUT2D eigenvalue weighted by Crippen LogP contribution is -2.26. The number of rotatable bonds is 5. The molecule has 7 nitrogen and oxygen atoms in total. The van der Waals surface area contributed by atoms with Crippen LogP contribution in [-0.2, 0) is 11.3 Å². The lowest BCUT2D eigenvalue weighted by Gasteiger charge is -2.07. The predicted molar refractivity (Wildman–Crippen MR) is 84.2 cm³/mol. The Morgan fingerprint density at radius 3 is 2.55 bits per heavy atom. The molecule has 114 valence electrons. The third kappa shape index (κ3) is 3.95. The maximum Gasteiger partial charge on any atom is 0.285 e. The summed E-state index contributed by atoms with van der Waals surface area (Å²) < 4.78 is 1.00. The van der Waals surface area contributed by atoms with E-state index in [9.17, 15) is 19.7 Å². The summed E-state index contributed by atoms with van der Waals surface area (Å²) in [7, 11) is 0. The van der Waals surface area contributed by atoms with Crippen molar-refractivity contribution in [1.82, 2.24) is 4.57 Å². The molecule has 1 aromatic heterocycles. The highest BCUT2D eigenvalue weighted by Crippen LogP contribution is 2.17. The SMILES string of the molecule is CSc1ccc(NC(=O)Cn2cc([N+](=O)[O-])ccc2=O)cc1. The van der Waals surface area contributed by atoms with E-state index < -0.39 is 16.4 Å². The van der Waals surface area contributed by atoms with Crippen molar-refractivity contribution >= 4 is 29.0 Å². The van der Waals surface area contributed by atoms with Gasteiger partial charge in [-0.2, -0.15) is 0 Å². The Balaban J connectivity index is 2.09. The van der Waals surface area contributed by atoms with Crippen molar-refractivity contribution in [2.45, 2.75) is 11.4 Å². The number of nitrogens with one attached hydrogen (secondary N) is 1. The Bertz CT molecular complexity index is 755. The molecule has 0 atom stereocenters. The third-order valence-electron chi connectivity index (χ3n) is 2.87. The molecule has 0 saturated heterocycles. The third-order valence-corrected chi connectivity index (χ3v) is 3.61. The minimum Gasteiger partial charge on any atom is -0.325 e. The van der Waals surface area contributed by atoms with Crippen molar-refractivity contribution < 1.29 is 9.72 Å². The number of anilines is 1. The van der Waals surface area contributed by atoms with E-state index in [0.717, 1.165) is 27.8 Å². The second kappa shape index (κ2) is 6.90. The van der Waals surface area contributed by atoms with Crippen LogP contribution in [0.5, 0.6) is 0 Å². The van der Waals surface area contributed by atoms with Gasteiger partial charge in [-0.05, 0) is 30.5 Å². The monoisotopic (exact) mass is 319 g/mol. The van der Waals surface area contributed by atoms with Crippen LogP contribution in [0, 0.1) is 10.1 Å². The fourth-order valence-corrected chi connectivity index (χ4v) is 2.19. The lowest BCUT2D eigenvalue weighted by atomic mass is 10.3. The van der Waals surface area contributed by atoms with Crippen LogP contribution < -0.4 is 10.9 Å². The quantitative estimate of drug-likeness (QED) is 0.517. The van der Waals surface area contributed by atoms with E-state index >= 15 is 0 Å². The van der Waals surface area contributed by atoms with Crippen molar-refractivity contribution in [2.75, 3.05) is 11.6 Å². The molecule has 0 fully saturated rings. The zero-order chi connectivity index (χ0) is 16.1. The van der Waals surface area contributed by atoms with Crippen LogP contribution in [0.2, 0.25) is 0 Å². The van der Waals surface area contributed by atoms with E-state index in [2.05, 4.69) is 5.32 Å². The number of nitrogens with zero attached hydrogens (tertiary/aromatic N) is 2. The van der Waals surface area contributed by atoms with Crippen LogP contribution in [0.3, 0.4) is 0 Å². The van der Waals surface area contributed by atoms with Crippen molar-refractivity contribution in [3.8, 4) is 0 Å². The van der Waals surface area contributed by atoms with Gasteiger partial charge in [-0.25, -0.2) is 0 Å². The van der Waals surface area contributed by atoms with Crippen molar-refractivity contribution in [3.63, 3.8) is 0 Å². The van der Waals surface area contributed by atoms with Crippen molar-refractivity contribution in [1.29, 1.82) is 0 Å². The Labute approximate surface area is 130 Å². The average Bonchev–Trinajstić information content (AvgIpc) is 2.50. The van der Waals surface area contributed by atoms with Gasteiger partial charge >= 0.3 is 0 Å². The maximum atomic E-state index is 11.9. The first-order chi connectivity index (χ1) is 10.5. The normalized spacial score (nSPS) is 10.2. The standard InChI is InChI=1S/C14H13N3O4S/c1-22-12-5-2-10(3-6-12)15-13(18)9-16-8-11(17(20)21)4-7-14(16)19/h2-8H,9H2,1H3,(H,15,18). The number of hydrogen-bond donors (Lipinski definition) is 1. The first kappa shape index (κ1) is 15.8. The summed E-state index contributed by atoms with van der Waals surface area (Å²) in [5.74, 6) is -0.431. The molecule has 0 bridgehead atoms. The minimum absolute atomic E-state index is 0.239. The molecule has 0 aliphatic rings. The van der Waals surface area contributed by atoms with Crippen molar-refractivity contribution in [3.05, 3.63) is 63.1 Å². The summed E-state index contributed by atoms with van der Waals surface area (Å²) in [4.78, 5) is 34.7. The van der Waals surface area contributed by atoms with Crippen LogP contribution in [0.4, 0.5) is 11.4 Å². The molecule has 0 saturated carbocycles. The van der Waals surface area contributed by atoms with Gasteiger partial charge in [0.1, 0.15) is 6.54 Å². The minimum atomic E-state index is -0.616. The topological polar surface area (TPSA) is 94.2 Å². The van der Waals surface area contributed by atoms with Gasteiger partial charge in [-0.15, -0.1) is 11.8 Å². The Kier molecular flexibility index (Phi) is 4.95. The molecule has 0 aliphatic carbocycles. The van der Waals surface area contributed by atoms with Gasteiger partial charge < -0.3 is 5.32 Å². The number of thioether (sulfide) groups is 1. The van der Waals surface area contributed by atoms with Crippen LogP contribution in [0.15, 0.2) is 52.3 Å². The van der Waals surface area contributed by atoms with E-state index in [4.69, 9.17) is 0 Å². The molecule has 1 N–H and O–H groups in total. The second-order valence-electron chi connectivity index (χ2n) is 4.39. The number of aromatic nitrogens is 1. The van der Waals surface area contributed by atoms with E-state index in [0.29, 0.717) is 5.69 Å². The number of carbonyl (C=O) groups excluding carboxylic acids is 1. The van der Waals surface area contributed by atoms with Gasteiger partial charge in [-0.3, -0.25) is 24.3 Å². The summed E-state index contributed by atoms with van der Waals surface area (Å²) >= 11 is 1.58. The number of nitro groups is 1. The molecule has 1 amide bonds. The number of hydrogen-bond acceptors (Lipinski definition) is 5. The zero-order valence-electron chi connectivity index (χ0n) is 11.7. The Morgan fingerprint density at radius 1 is 1.27 bits per heavy atom. The van der Waals surface area contributed by atoms with Gasteiger partial charge in [0.05, 0.1) is 11.1 Å². The molecule has 0 unspecified atom stereocenters. The first-order valence-corrected chi connectivity index (χ1v) is 7.51. The highest BCUT2D eigenvalue weighted by Gasteiger charge is 2.10. The molecule has 1 heterocycles. The fourth-order valence-electron chi connectivity index (χ4n) is 1.78. The average molecular weight is 319 g/mol. The summed E-state index contributed by atoms with van der Waals surface area (Å²) in [6.45, 7) is -0.287. The zero-order valence-corrected chi connectivity index (χ0v) is 12.5. The Morgan fingerprint density at radius 2 is 1.95 bits per heavy atom. The highest BCUT2D eigenvalue weighted by molar-refractivity contribution is 7.98.